The number of rotatable bonds is 7. The Morgan fingerprint density at radius 2 is 2.06 bits per heavy atom. The molecule has 1 amide bonds. The molecule has 0 spiro atoms. The summed E-state index contributed by atoms with van der Waals surface area (Å²) in [5.74, 6) is 0.160. The van der Waals surface area contributed by atoms with Crippen molar-refractivity contribution in [2.75, 3.05) is 10.6 Å². The van der Waals surface area contributed by atoms with Gasteiger partial charge in [0.1, 0.15) is 0 Å². The van der Waals surface area contributed by atoms with Crippen molar-refractivity contribution >= 4 is 34.8 Å². The van der Waals surface area contributed by atoms with Crippen molar-refractivity contribution in [3.05, 3.63) is 78.0 Å². The molecule has 31 heavy (non-hydrogen) atoms. The summed E-state index contributed by atoms with van der Waals surface area (Å²) in [5.41, 5.74) is 4.70. The van der Waals surface area contributed by atoms with Gasteiger partial charge in [-0.05, 0) is 30.7 Å². The number of nitrogens with one attached hydrogen (secondary N) is 3. The summed E-state index contributed by atoms with van der Waals surface area (Å²) >= 11 is 6.27. The number of hydrogen-bond acceptors (Lipinski definition) is 6. The van der Waals surface area contributed by atoms with E-state index in [1.54, 1.807) is 23.3 Å². The van der Waals surface area contributed by atoms with Crippen LogP contribution in [0.3, 0.4) is 0 Å². The first-order valence-corrected chi connectivity index (χ1v) is 9.75. The molecule has 9 nitrogen and oxygen atoms in total. The molecule has 0 bridgehead atoms. The minimum atomic E-state index is -0.244. The molecule has 156 valence electrons. The first kappa shape index (κ1) is 20.3. The number of anilines is 3. The summed E-state index contributed by atoms with van der Waals surface area (Å²) in [5, 5.41) is 17.6. The van der Waals surface area contributed by atoms with Gasteiger partial charge in [-0.15, -0.1) is 0 Å². The third-order valence-corrected chi connectivity index (χ3v) is 4.75. The van der Waals surface area contributed by atoms with Crippen LogP contribution in [0.4, 0.5) is 17.3 Å². The van der Waals surface area contributed by atoms with E-state index >= 15 is 0 Å². The Balaban J connectivity index is 1.44. The van der Waals surface area contributed by atoms with Gasteiger partial charge in [0.2, 0.25) is 11.9 Å². The number of carbonyl (C=O) groups is 1. The molecule has 0 atom stereocenters. The number of halogens is 1. The molecule has 3 N–H and O–H groups in total. The minimum absolute atomic E-state index is 0.244. The highest BCUT2D eigenvalue weighted by Crippen LogP contribution is 2.28. The molecule has 1 aromatic carbocycles. The second-order valence-electron chi connectivity index (χ2n) is 6.72. The van der Waals surface area contributed by atoms with Crippen LogP contribution in [0.5, 0.6) is 0 Å². The number of nitrogens with zero attached hydrogens (tertiary/aromatic N) is 5. The average Bonchev–Trinajstić information content (AvgIpc) is 3.39. The van der Waals surface area contributed by atoms with E-state index in [2.05, 4.69) is 42.5 Å². The first-order valence-electron chi connectivity index (χ1n) is 9.37. The number of hydrogen-bond donors (Lipinski definition) is 3. The lowest BCUT2D eigenvalue weighted by atomic mass is 10.2. The molecule has 0 fully saturated rings. The Bertz CT molecular complexity index is 1230. The van der Waals surface area contributed by atoms with Crippen molar-refractivity contribution in [3.63, 3.8) is 0 Å². The van der Waals surface area contributed by atoms with Crippen LogP contribution in [0.25, 0.3) is 11.3 Å². The normalized spacial score (nSPS) is 10.6. The van der Waals surface area contributed by atoms with Crippen LogP contribution < -0.4 is 10.6 Å². The third kappa shape index (κ3) is 4.78. The van der Waals surface area contributed by atoms with Crippen LogP contribution in [0.1, 0.15) is 11.3 Å². The zero-order chi connectivity index (χ0) is 21.8. The van der Waals surface area contributed by atoms with E-state index < -0.39 is 0 Å². The largest absolute Gasteiger partial charge is 0.323 e. The van der Waals surface area contributed by atoms with Crippen molar-refractivity contribution in [2.45, 2.75) is 13.5 Å². The van der Waals surface area contributed by atoms with Gasteiger partial charge in [-0.25, -0.2) is 9.97 Å². The van der Waals surface area contributed by atoms with E-state index in [1.807, 2.05) is 37.4 Å². The Morgan fingerprint density at radius 3 is 2.77 bits per heavy atom. The molecule has 0 aliphatic heterocycles. The van der Waals surface area contributed by atoms with Gasteiger partial charge in [0, 0.05) is 23.6 Å². The average molecular weight is 435 g/mol. The second kappa shape index (κ2) is 8.80. The number of benzene rings is 1. The lowest BCUT2D eigenvalue weighted by molar-refractivity contribution is -0.111. The monoisotopic (exact) mass is 434 g/mol. The molecule has 0 aliphatic carbocycles. The summed E-state index contributed by atoms with van der Waals surface area (Å²) < 4.78 is 1.79. The molecule has 3 heterocycles. The Labute approximate surface area is 183 Å². The van der Waals surface area contributed by atoms with Gasteiger partial charge in [0.25, 0.3) is 0 Å². The minimum Gasteiger partial charge on any atom is -0.323 e. The Morgan fingerprint density at radius 1 is 1.26 bits per heavy atom. The smallest absolute Gasteiger partial charge is 0.247 e. The molecule has 0 saturated heterocycles. The molecular weight excluding hydrogens is 416 g/mol. The predicted octanol–water partition coefficient (Wildman–Crippen LogP) is 3.94. The predicted molar refractivity (Wildman–Crippen MR) is 119 cm³/mol. The van der Waals surface area contributed by atoms with Crippen molar-refractivity contribution in [2.24, 2.45) is 0 Å². The zero-order valence-corrected chi connectivity index (χ0v) is 17.4. The van der Waals surface area contributed by atoms with E-state index in [1.165, 1.54) is 6.08 Å². The highest BCUT2D eigenvalue weighted by molar-refractivity contribution is 6.32. The van der Waals surface area contributed by atoms with Crippen LogP contribution >= 0.6 is 11.6 Å². The maximum absolute atomic E-state index is 11.4. The first-order chi connectivity index (χ1) is 15.0. The van der Waals surface area contributed by atoms with Gasteiger partial charge in [-0.2, -0.15) is 10.2 Å². The van der Waals surface area contributed by atoms with Crippen LogP contribution in [0, 0.1) is 6.92 Å². The van der Waals surface area contributed by atoms with Crippen LogP contribution in [-0.4, -0.2) is 35.9 Å². The Hall–Kier alpha value is -3.98. The van der Waals surface area contributed by atoms with Crippen LogP contribution in [0.2, 0.25) is 5.02 Å². The van der Waals surface area contributed by atoms with E-state index in [4.69, 9.17) is 11.6 Å². The molecule has 0 radical (unpaired) electrons. The van der Waals surface area contributed by atoms with Crippen molar-refractivity contribution < 1.29 is 4.79 Å². The topological polar surface area (TPSA) is 113 Å². The van der Waals surface area contributed by atoms with Crippen molar-refractivity contribution in [1.82, 2.24) is 29.9 Å². The summed E-state index contributed by atoms with van der Waals surface area (Å²) in [7, 11) is 0. The van der Waals surface area contributed by atoms with Gasteiger partial charge in [0.05, 0.1) is 41.0 Å². The van der Waals surface area contributed by atoms with Gasteiger partial charge >= 0.3 is 0 Å². The fourth-order valence-corrected chi connectivity index (χ4v) is 3.12. The lowest BCUT2D eigenvalue weighted by Gasteiger charge is -2.06. The number of carbonyl (C=O) groups excluding carboxylic acids is 1. The fourth-order valence-electron chi connectivity index (χ4n) is 2.93. The van der Waals surface area contributed by atoms with Crippen molar-refractivity contribution in [3.8, 4) is 11.3 Å². The summed E-state index contributed by atoms with van der Waals surface area (Å²) in [6.45, 7) is 5.88. The van der Waals surface area contributed by atoms with Gasteiger partial charge in [-0.3, -0.25) is 14.6 Å². The number of aromatic amines is 1. The maximum atomic E-state index is 11.4. The van der Waals surface area contributed by atoms with E-state index in [0.717, 1.165) is 22.5 Å². The lowest BCUT2D eigenvalue weighted by Crippen LogP contribution is -2.07. The number of H-pyrrole nitrogens is 1. The molecule has 0 saturated carbocycles. The van der Waals surface area contributed by atoms with Crippen molar-refractivity contribution in [1.29, 1.82) is 0 Å². The Kier molecular flexibility index (Phi) is 5.76. The number of aromatic nitrogens is 6. The number of aryl methyl sites for hydroxylation is 1. The third-order valence-electron chi connectivity index (χ3n) is 4.47. The van der Waals surface area contributed by atoms with E-state index in [-0.39, 0.29) is 5.91 Å². The molecule has 3 aromatic heterocycles. The molecule has 10 heteroatoms. The highest BCUT2D eigenvalue weighted by Gasteiger charge is 2.13. The van der Waals surface area contributed by atoms with Gasteiger partial charge in [-0.1, -0.05) is 30.3 Å². The summed E-state index contributed by atoms with van der Waals surface area (Å²) in [6, 6.07) is 7.52. The maximum Gasteiger partial charge on any atom is 0.247 e. The second-order valence-corrected chi connectivity index (χ2v) is 7.12. The molecular formula is C21H19ClN8O. The fraction of sp³-hybridized carbons (Fsp3) is 0.0952. The standard InChI is InChI=1S/C21H19ClN8O/c1-3-19(31)26-15-6-4-14(5-7-15)11-30-12-16(8-25-30)27-21-23-10-18(22)20(28-21)17-9-24-29-13(17)2/h3-10,12H,1,11H2,2H3,(H,24,29)(H,26,31)(H,23,27,28). The molecule has 4 rings (SSSR count). The molecule has 0 unspecified atom stereocenters. The van der Waals surface area contributed by atoms with Gasteiger partial charge in [0.15, 0.2) is 0 Å². The summed E-state index contributed by atoms with van der Waals surface area (Å²) in [4.78, 5) is 20.1. The highest BCUT2D eigenvalue weighted by atomic mass is 35.5. The quantitative estimate of drug-likeness (QED) is 0.379. The van der Waals surface area contributed by atoms with Crippen LogP contribution in [0.15, 0.2) is 61.7 Å². The van der Waals surface area contributed by atoms with E-state index in [0.29, 0.717) is 28.9 Å². The van der Waals surface area contributed by atoms with Gasteiger partial charge < -0.3 is 10.6 Å². The van der Waals surface area contributed by atoms with E-state index in [9.17, 15) is 4.79 Å². The SMILES string of the molecule is C=CC(=O)Nc1ccc(Cn2cc(Nc3ncc(Cl)c(-c4c[nH]nc4C)n3)cn2)cc1. The molecule has 4 aromatic rings. The summed E-state index contributed by atoms with van der Waals surface area (Å²) in [6.07, 6.45) is 8.08. The molecule has 0 aliphatic rings. The zero-order valence-electron chi connectivity index (χ0n) is 16.6. The van der Waals surface area contributed by atoms with Crippen LogP contribution in [-0.2, 0) is 11.3 Å². The number of amides is 1.